The standard InChI is InChI=1S/C9H14N2O3/c1-6(2)4-14-9-7(13-3)8(12)10-5-11-9/h5-6H,4H2,1-3H3,(H,10,11,12). The quantitative estimate of drug-likeness (QED) is 0.777. The number of aromatic amines is 1. The second-order valence-electron chi connectivity index (χ2n) is 3.27. The number of ether oxygens (including phenoxy) is 2. The molecule has 0 aliphatic carbocycles. The SMILES string of the molecule is COc1c(OCC(C)C)nc[nH]c1=O. The highest BCUT2D eigenvalue weighted by atomic mass is 16.5. The molecule has 0 bridgehead atoms. The first-order valence-corrected chi connectivity index (χ1v) is 4.39. The van der Waals surface area contributed by atoms with Gasteiger partial charge in [0.2, 0.25) is 5.75 Å². The third-order valence-corrected chi connectivity index (χ3v) is 1.54. The third kappa shape index (κ3) is 2.48. The maximum atomic E-state index is 11.2. The summed E-state index contributed by atoms with van der Waals surface area (Å²) in [4.78, 5) is 17.5. The Morgan fingerprint density at radius 1 is 1.57 bits per heavy atom. The molecule has 0 radical (unpaired) electrons. The van der Waals surface area contributed by atoms with Crippen molar-refractivity contribution in [3.8, 4) is 11.6 Å². The highest BCUT2D eigenvalue weighted by Gasteiger charge is 2.10. The lowest BCUT2D eigenvalue weighted by Crippen LogP contribution is -2.14. The van der Waals surface area contributed by atoms with Gasteiger partial charge >= 0.3 is 0 Å². The van der Waals surface area contributed by atoms with Gasteiger partial charge in [0.25, 0.3) is 11.4 Å². The van der Waals surface area contributed by atoms with Crippen LogP contribution in [0.15, 0.2) is 11.1 Å². The zero-order valence-electron chi connectivity index (χ0n) is 8.53. The Kier molecular flexibility index (Phi) is 3.50. The summed E-state index contributed by atoms with van der Waals surface area (Å²) in [5.74, 6) is 0.735. The highest BCUT2D eigenvalue weighted by Crippen LogP contribution is 2.17. The van der Waals surface area contributed by atoms with Crippen molar-refractivity contribution in [3.63, 3.8) is 0 Å². The zero-order valence-corrected chi connectivity index (χ0v) is 8.53. The van der Waals surface area contributed by atoms with Crippen LogP contribution in [0.4, 0.5) is 0 Å². The molecule has 0 saturated carbocycles. The number of methoxy groups -OCH3 is 1. The van der Waals surface area contributed by atoms with Gasteiger partial charge in [-0.05, 0) is 5.92 Å². The maximum absolute atomic E-state index is 11.2. The lowest BCUT2D eigenvalue weighted by Gasteiger charge is -2.09. The maximum Gasteiger partial charge on any atom is 0.297 e. The van der Waals surface area contributed by atoms with E-state index >= 15 is 0 Å². The molecule has 0 aliphatic rings. The fraction of sp³-hybridized carbons (Fsp3) is 0.556. The topological polar surface area (TPSA) is 64.2 Å². The zero-order chi connectivity index (χ0) is 10.6. The molecule has 0 fully saturated rings. The number of hydrogen-bond acceptors (Lipinski definition) is 4. The van der Waals surface area contributed by atoms with Crippen LogP contribution >= 0.6 is 0 Å². The predicted octanol–water partition coefficient (Wildman–Crippen LogP) is 0.813. The van der Waals surface area contributed by atoms with Crippen molar-refractivity contribution in [2.24, 2.45) is 5.92 Å². The summed E-state index contributed by atoms with van der Waals surface area (Å²) >= 11 is 0. The van der Waals surface area contributed by atoms with E-state index in [9.17, 15) is 4.79 Å². The van der Waals surface area contributed by atoms with Gasteiger partial charge in [0, 0.05) is 0 Å². The fourth-order valence-electron chi connectivity index (χ4n) is 0.899. The molecule has 1 rings (SSSR count). The third-order valence-electron chi connectivity index (χ3n) is 1.54. The average molecular weight is 198 g/mol. The summed E-state index contributed by atoms with van der Waals surface area (Å²) < 4.78 is 10.2. The van der Waals surface area contributed by atoms with Crippen molar-refractivity contribution in [1.29, 1.82) is 0 Å². The molecular formula is C9H14N2O3. The van der Waals surface area contributed by atoms with Crippen LogP contribution in [0.1, 0.15) is 13.8 Å². The van der Waals surface area contributed by atoms with Gasteiger partial charge in [-0.3, -0.25) is 4.79 Å². The molecule has 0 spiro atoms. The van der Waals surface area contributed by atoms with E-state index in [1.807, 2.05) is 13.8 Å². The second-order valence-corrected chi connectivity index (χ2v) is 3.27. The van der Waals surface area contributed by atoms with Gasteiger partial charge in [-0.25, -0.2) is 4.98 Å². The van der Waals surface area contributed by atoms with Crippen LogP contribution in [0.3, 0.4) is 0 Å². The monoisotopic (exact) mass is 198 g/mol. The number of hydrogen-bond donors (Lipinski definition) is 1. The molecule has 0 saturated heterocycles. The summed E-state index contributed by atoms with van der Waals surface area (Å²) in [6.07, 6.45) is 1.29. The van der Waals surface area contributed by atoms with Crippen molar-refractivity contribution >= 4 is 0 Å². The van der Waals surface area contributed by atoms with Crippen molar-refractivity contribution in [3.05, 3.63) is 16.7 Å². The molecule has 1 aromatic heterocycles. The number of nitrogens with one attached hydrogen (secondary N) is 1. The van der Waals surface area contributed by atoms with E-state index in [0.717, 1.165) is 0 Å². The minimum absolute atomic E-state index is 0.119. The van der Waals surface area contributed by atoms with E-state index in [1.165, 1.54) is 13.4 Å². The summed E-state index contributed by atoms with van der Waals surface area (Å²) in [7, 11) is 1.41. The first kappa shape index (κ1) is 10.6. The van der Waals surface area contributed by atoms with E-state index in [4.69, 9.17) is 9.47 Å². The predicted molar refractivity (Wildman–Crippen MR) is 51.7 cm³/mol. The molecule has 5 heteroatoms. The molecule has 0 atom stereocenters. The molecule has 1 heterocycles. The summed E-state index contributed by atoms with van der Waals surface area (Å²) in [5, 5.41) is 0. The normalized spacial score (nSPS) is 10.3. The highest BCUT2D eigenvalue weighted by molar-refractivity contribution is 5.29. The van der Waals surface area contributed by atoms with E-state index in [2.05, 4.69) is 9.97 Å². The molecule has 14 heavy (non-hydrogen) atoms. The average Bonchev–Trinajstić information content (AvgIpc) is 2.14. The van der Waals surface area contributed by atoms with Crippen molar-refractivity contribution < 1.29 is 9.47 Å². The first-order valence-electron chi connectivity index (χ1n) is 4.39. The van der Waals surface area contributed by atoms with Crippen LogP contribution in [-0.4, -0.2) is 23.7 Å². The molecule has 1 N–H and O–H groups in total. The van der Waals surface area contributed by atoms with Crippen LogP contribution in [0.5, 0.6) is 11.6 Å². The molecule has 0 aromatic carbocycles. The Balaban J connectivity index is 2.85. The fourth-order valence-corrected chi connectivity index (χ4v) is 0.899. The van der Waals surface area contributed by atoms with Gasteiger partial charge in [-0.15, -0.1) is 0 Å². The largest absolute Gasteiger partial charge is 0.487 e. The summed E-state index contributed by atoms with van der Waals surface area (Å²) in [5.41, 5.74) is -0.332. The number of rotatable bonds is 4. The smallest absolute Gasteiger partial charge is 0.297 e. The van der Waals surface area contributed by atoms with Crippen LogP contribution in [-0.2, 0) is 0 Å². The Bertz CT molecular complexity index is 346. The van der Waals surface area contributed by atoms with Gasteiger partial charge in [0.05, 0.1) is 20.0 Å². The Morgan fingerprint density at radius 3 is 2.86 bits per heavy atom. The number of aromatic nitrogens is 2. The first-order chi connectivity index (χ1) is 6.65. The van der Waals surface area contributed by atoms with Crippen LogP contribution in [0, 0.1) is 5.92 Å². The van der Waals surface area contributed by atoms with Crippen LogP contribution in [0.25, 0.3) is 0 Å². The molecule has 78 valence electrons. The van der Waals surface area contributed by atoms with Gasteiger partial charge in [-0.2, -0.15) is 0 Å². The Morgan fingerprint density at radius 2 is 2.29 bits per heavy atom. The number of nitrogens with zero attached hydrogens (tertiary/aromatic N) is 1. The molecule has 0 unspecified atom stereocenters. The Hall–Kier alpha value is -1.52. The summed E-state index contributed by atoms with van der Waals surface area (Å²) in [6, 6.07) is 0. The lowest BCUT2D eigenvalue weighted by atomic mass is 10.2. The van der Waals surface area contributed by atoms with E-state index in [0.29, 0.717) is 12.5 Å². The van der Waals surface area contributed by atoms with Crippen molar-refractivity contribution in [2.45, 2.75) is 13.8 Å². The van der Waals surface area contributed by atoms with Crippen molar-refractivity contribution in [2.75, 3.05) is 13.7 Å². The Labute approximate surface area is 82.1 Å². The minimum Gasteiger partial charge on any atom is -0.487 e. The number of H-pyrrole nitrogens is 1. The van der Waals surface area contributed by atoms with Crippen LogP contribution < -0.4 is 15.0 Å². The van der Waals surface area contributed by atoms with Gasteiger partial charge in [-0.1, -0.05) is 13.8 Å². The minimum atomic E-state index is -0.332. The lowest BCUT2D eigenvalue weighted by molar-refractivity contribution is 0.245. The molecule has 0 aliphatic heterocycles. The molecule has 1 aromatic rings. The van der Waals surface area contributed by atoms with Gasteiger partial charge in [0.1, 0.15) is 0 Å². The molecule has 0 amide bonds. The summed E-state index contributed by atoms with van der Waals surface area (Å²) in [6.45, 7) is 4.53. The van der Waals surface area contributed by atoms with E-state index in [1.54, 1.807) is 0 Å². The van der Waals surface area contributed by atoms with Gasteiger partial charge < -0.3 is 14.5 Å². The van der Waals surface area contributed by atoms with Gasteiger partial charge in [0.15, 0.2) is 0 Å². The van der Waals surface area contributed by atoms with Crippen molar-refractivity contribution in [1.82, 2.24) is 9.97 Å². The van der Waals surface area contributed by atoms with E-state index in [-0.39, 0.29) is 17.2 Å². The molecular weight excluding hydrogens is 184 g/mol. The van der Waals surface area contributed by atoms with Crippen LogP contribution in [0.2, 0.25) is 0 Å². The molecule has 5 nitrogen and oxygen atoms in total. The van der Waals surface area contributed by atoms with E-state index < -0.39 is 0 Å². The second kappa shape index (κ2) is 4.64.